The molecule has 0 saturated carbocycles. The van der Waals surface area contributed by atoms with E-state index in [1.807, 2.05) is 12.1 Å². The zero-order valence-electron chi connectivity index (χ0n) is 12.2. The van der Waals surface area contributed by atoms with E-state index in [1.165, 1.54) is 44.5 Å². The van der Waals surface area contributed by atoms with Crippen molar-refractivity contribution >= 4 is 21.6 Å². The van der Waals surface area contributed by atoms with Gasteiger partial charge < -0.3 is 10.6 Å². The fraction of sp³-hybridized carbons (Fsp3) is 0.625. The third-order valence-corrected chi connectivity index (χ3v) is 5.71. The second-order valence-corrected chi connectivity index (χ2v) is 7.14. The van der Waals surface area contributed by atoms with Crippen molar-refractivity contribution in [3.05, 3.63) is 28.2 Å². The minimum Gasteiger partial charge on any atom is -0.398 e. The van der Waals surface area contributed by atoms with Crippen LogP contribution >= 0.6 is 15.9 Å². The Hall–Kier alpha value is -0.580. The molecule has 2 aliphatic rings. The highest BCUT2D eigenvalue weighted by molar-refractivity contribution is 9.10. The molecule has 2 N–H and O–H groups in total. The lowest BCUT2D eigenvalue weighted by Crippen LogP contribution is -2.52. The first-order valence-electron chi connectivity index (χ1n) is 7.60. The monoisotopic (exact) mass is 337 g/mol. The van der Waals surface area contributed by atoms with Crippen molar-refractivity contribution in [1.82, 2.24) is 9.80 Å². The number of fused-ring (bicyclic) bond motifs is 1. The van der Waals surface area contributed by atoms with Gasteiger partial charge in [-0.1, -0.05) is 22.0 Å². The second-order valence-electron chi connectivity index (χ2n) is 6.28. The predicted molar refractivity (Wildman–Crippen MR) is 87.6 cm³/mol. The predicted octanol–water partition coefficient (Wildman–Crippen LogP) is 2.95. The summed E-state index contributed by atoms with van der Waals surface area (Å²) in [5.41, 5.74) is 8.28. The van der Waals surface area contributed by atoms with Gasteiger partial charge in [-0.3, -0.25) is 4.90 Å². The average molecular weight is 338 g/mol. The molecule has 20 heavy (non-hydrogen) atoms. The lowest BCUT2D eigenvalue weighted by molar-refractivity contribution is 0.0355. The summed E-state index contributed by atoms with van der Waals surface area (Å²) in [5, 5.41) is 0. The van der Waals surface area contributed by atoms with Gasteiger partial charge >= 0.3 is 0 Å². The van der Waals surface area contributed by atoms with Crippen LogP contribution in [0.15, 0.2) is 22.7 Å². The van der Waals surface area contributed by atoms with E-state index in [2.05, 4.69) is 38.8 Å². The van der Waals surface area contributed by atoms with Gasteiger partial charge in [0.1, 0.15) is 0 Å². The van der Waals surface area contributed by atoms with Crippen LogP contribution in [0.25, 0.3) is 0 Å². The highest BCUT2D eigenvalue weighted by Crippen LogP contribution is 2.32. The third-order valence-electron chi connectivity index (χ3n) is 4.97. The third kappa shape index (κ3) is 2.87. The van der Waals surface area contributed by atoms with Gasteiger partial charge in [0.15, 0.2) is 0 Å². The molecule has 0 aliphatic carbocycles. The molecule has 110 valence electrons. The Balaban J connectivity index is 1.68. The largest absolute Gasteiger partial charge is 0.398 e. The molecule has 3 nitrogen and oxygen atoms in total. The Morgan fingerprint density at radius 1 is 1.30 bits per heavy atom. The quantitative estimate of drug-likeness (QED) is 0.842. The molecule has 3 rings (SSSR count). The molecule has 2 fully saturated rings. The van der Waals surface area contributed by atoms with Crippen LogP contribution in [0.3, 0.4) is 0 Å². The number of likely N-dealkylation sites (tertiary alicyclic amines) is 2. The van der Waals surface area contributed by atoms with Crippen LogP contribution in [-0.2, 0) is 6.54 Å². The van der Waals surface area contributed by atoms with Gasteiger partial charge in [-0.2, -0.15) is 0 Å². The standard InChI is InChI=1S/C16H24BrN3/c1-19-8-3-4-12-10-20(9-7-16(12)19)11-13-14(17)5-2-6-15(13)18/h2,5-6,12,16H,3-4,7-11,18H2,1H3. The Kier molecular flexibility index (Phi) is 4.34. The normalized spacial score (nSPS) is 28.3. The number of nitrogen functional groups attached to an aromatic ring is 1. The van der Waals surface area contributed by atoms with Crippen molar-refractivity contribution in [2.24, 2.45) is 5.92 Å². The number of anilines is 1. The average Bonchev–Trinajstić information content (AvgIpc) is 2.43. The molecule has 2 saturated heterocycles. The van der Waals surface area contributed by atoms with E-state index < -0.39 is 0 Å². The second kappa shape index (κ2) is 6.04. The lowest BCUT2D eigenvalue weighted by Gasteiger charge is -2.46. The molecule has 2 atom stereocenters. The van der Waals surface area contributed by atoms with Crippen LogP contribution in [-0.4, -0.2) is 42.5 Å². The van der Waals surface area contributed by atoms with Gasteiger partial charge in [-0.25, -0.2) is 0 Å². The summed E-state index contributed by atoms with van der Waals surface area (Å²) >= 11 is 3.64. The molecule has 2 unspecified atom stereocenters. The minimum atomic E-state index is 0.802. The molecule has 1 aromatic rings. The Morgan fingerprint density at radius 2 is 2.15 bits per heavy atom. The van der Waals surface area contributed by atoms with Crippen molar-refractivity contribution in [2.45, 2.75) is 31.8 Å². The number of benzene rings is 1. The smallest absolute Gasteiger partial charge is 0.0371 e. The molecule has 1 aromatic carbocycles. The van der Waals surface area contributed by atoms with E-state index in [-0.39, 0.29) is 0 Å². The first-order valence-corrected chi connectivity index (χ1v) is 8.40. The SMILES string of the molecule is CN1CCCC2CN(Cc3c(N)cccc3Br)CCC21. The van der Waals surface area contributed by atoms with Crippen LogP contribution in [0.5, 0.6) is 0 Å². The number of hydrogen-bond acceptors (Lipinski definition) is 3. The summed E-state index contributed by atoms with van der Waals surface area (Å²) in [6, 6.07) is 6.90. The number of hydrogen-bond donors (Lipinski definition) is 1. The molecular formula is C16H24BrN3. The van der Waals surface area contributed by atoms with Crippen LogP contribution in [0.2, 0.25) is 0 Å². The number of rotatable bonds is 2. The van der Waals surface area contributed by atoms with Crippen molar-refractivity contribution in [3.8, 4) is 0 Å². The first-order chi connectivity index (χ1) is 9.65. The van der Waals surface area contributed by atoms with Crippen LogP contribution < -0.4 is 5.73 Å². The zero-order chi connectivity index (χ0) is 14.1. The maximum Gasteiger partial charge on any atom is 0.0371 e. The summed E-state index contributed by atoms with van der Waals surface area (Å²) < 4.78 is 1.14. The van der Waals surface area contributed by atoms with Crippen LogP contribution in [0.1, 0.15) is 24.8 Å². The summed E-state index contributed by atoms with van der Waals surface area (Å²) in [4.78, 5) is 5.15. The molecule has 0 radical (unpaired) electrons. The van der Waals surface area contributed by atoms with Gasteiger partial charge in [0, 0.05) is 34.9 Å². The molecule has 2 heterocycles. The Bertz CT molecular complexity index is 457. The Labute approximate surface area is 130 Å². The van der Waals surface area contributed by atoms with Gasteiger partial charge in [0.05, 0.1) is 0 Å². The Morgan fingerprint density at radius 3 is 2.95 bits per heavy atom. The summed E-state index contributed by atoms with van der Waals surface area (Å²) in [5.74, 6) is 0.839. The van der Waals surface area contributed by atoms with Crippen molar-refractivity contribution in [3.63, 3.8) is 0 Å². The van der Waals surface area contributed by atoms with Crippen LogP contribution in [0.4, 0.5) is 5.69 Å². The highest BCUT2D eigenvalue weighted by Gasteiger charge is 2.34. The van der Waals surface area contributed by atoms with E-state index in [9.17, 15) is 0 Å². The number of halogens is 1. The molecular weight excluding hydrogens is 314 g/mol. The zero-order valence-corrected chi connectivity index (χ0v) is 13.8. The van der Waals surface area contributed by atoms with Gasteiger partial charge in [0.25, 0.3) is 0 Å². The number of piperidine rings is 2. The van der Waals surface area contributed by atoms with Gasteiger partial charge in [-0.05, 0) is 57.5 Å². The van der Waals surface area contributed by atoms with Gasteiger partial charge in [-0.15, -0.1) is 0 Å². The first kappa shape index (κ1) is 14.4. The highest BCUT2D eigenvalue weighted by atomic mass is 79.9. The molecule has 2 aliphatic heterocycles. The summed E-state index contributed by atoms with van der Waals surface area (Å²) in [6.45, 7) is 4.65. The minimum absolute atomic E-state index is 0.802. The summed E-state index contributed by atoms with van der Waals surface area (Å²) in [6.07, 6.45) is 4.03. The fourth-order valence-electron chi connectivity index (χ4n) is 3.84. The van der Waals surface area contributed by atoms with Crippen molar-refractivity contribution in [1.29, 1.82) is 0 Å². The fourth-order valence-corrected chi connectivity index (χ4v) is 4.34. The summed E-state index contributed by atoms with van der Waals surface area (Å²) in [7, 11) is 2.29. The van der Waals surface area contributed by atoms with E-state index in [0.717, 1.165) is 28.7 Å². The maximum atomic E-state index is 6.13. The molecule has 0 bridgehead atoms. The number of nitrogens with zero attached hydrogens (tertiary/aromatic N) is 2. The molecule has 4 heteroatoms. The van der Waals surface area contributed by atoms with Crippen molar-refractivity contribution in [2.75, 3.05) is 32.4 Å². The lowest BCUT2D eigenvalue weighted by atomic mass is 9.84. The van der Waals surface area contributed by atoms with E-state index in [4.69, 9.17) is 5.73 Å². The topological polar surface area (TPSA) is 32.5 Å². The molecule has 0 spiro atoms. The van der Waals surface area contributed by atoms with E-state index in [0.29, 0.717) is 0 Å². The molecule has 0 amide bonds. The maximum absolute atomic E-state index is 6.13. The van der Waals surface area contributed by atoms with Gasteiger partial charge in [0.2, 0.25) is 0 Å². The van der Waals surface area contributed by atoms with Crippen molar-refractivity contribution < 1.29 is 0 Å². The number of nitrogens with two attached hydrogens (primary N) is 1. The van der Waals surface area contributed by atoms with E-state index >= 15 is 0 Å². The van der Waals surface area contributed by atoms with Crippen LogP contribution in [0, 0.1) is 5.92 Å². The van der Waals surface area contributed by atoms with E-state index in [1.54, 1.807) is 0 Å². The molecule has 0 aromatic heterocycles.